The summed E-state index contributed by atoms with van der Waals surface area (Å²) in [4.78, 5) is 11.0. The number of ketones is 1. The van der Waals surface area contributed by atoms with Crippen molar-refractivity contribution in [3.05, 3.63) is 0 Å². The fraction of sp³-hybridized carbons (Fsp3) is 0.889. The lowest BCUT2D eigenvalue weighted by Gasteiger charge is -2.27. The van der Waals surface area contributed by atoms with Crippen molar-refractivity contribution in [3.63, 3.8) is 0 Å². The van der Waals surface area contributed by atoms with Gasteiger partial charge in [-0.3, -0.25) is 9.36 Å². The summed E-state index contributed by atoms with van der Waals surface area (Å²) in [6.07, 6.45) is 0. The molecule has 2 unspecified atom stereocenters. The number of hydrogen-bond donors (Lipinski definition) is 1. The summed E-state index contributed by atoms with van der Waals surface area (Å²) in [7, 11) is -3.42. The zero-order valence-electron chi connectivity index (χ0n) is 10.1. The summed E-state index contributed by atoms with van der Waals surface area (Å²) in [5.41, 5.74) is 5.61. The Hall–Kier alpha value is 0.360. The molecule has 0 bridgehead atoms. The van der Waals surface area contributed by atoms with Crippen LogP contribution in [-0.2, 0) is 13.9 Å². The summed E-state index contributed by atoms with van der Waals surface area (Å²) >= 11 is 11.2. The predicted molar refractivity (Wildman–Crippen MR) is 70.6 cm³/mol. The van der Waals surface area contributed by atoms with Crippen LogP contribution in [0.25, 0.3) is 0 Å². The van der Waals surface area contributed by atoms with Crippen LogP contribution in [0.1, 0.15) is 13.8 Å². The van der Waals surface area contributed by atoms with Gasteiger partial charge in [0.25, 0.3) is 0 Å². The predicted octanol–water partition coefficient (Wildman–Crippen LogP) is 2.07. The Labute approximate surface area is 112 Å². The molecule has 102 valence electrons. The van der Waals surface area contributed by atoms with Crippen LogP contribution in [-0.4, -0.2) is 41.9 Å². The Morgan fingerprint density at radius 3 is 2.24 bits per heavy atom. The molecule has 0 aliphatic carbocycles. The van der Waals surface area contributed by atoms with Gasteiger partial charge in [-0.1, -0.05) is 6.92 Å². The highest BCUT2D eigenvalue weighted by atomic mass is 35.5. The molecule has 0 saturated heterocycles. The van der Waals surface area contributed by atoms with Crippen molar-refractivity contribution in [1.29, 1.82) is 0 Å². The first-order valence-corrected chi connectivity index (χ1v) is 7.97. The second-order valence-corrected chi connectivity index (χ2v) is 6.41. The Morgan fingerprint density at radius 2 is 1.88 bits per heavy atom. The smallest absolute Gasteiger partial charge is 0.305 e. The van der Waals surface area contributed by atoms with Crippen LogP contribution >= 0.6 is 30.9 Å². The van der Waals surface area contributed by atoms with E-state index in [2.05, 4.69) is 0 Å². The van der Waals surface area contributed by atoms with Gasteiger partial charge in [-0.05, 0) is 6.92 Å². The lowest BCUT2D eigenvalue weighted by atomic mass is 10.1. The van der Waals surface area contributed by atoms with E-state index in [1.165, 1.54) is 11.6 Å². The maximum Gasteiger partial charge on any atom is 0.340 e. The first kappa shape index (κ1) is 17.4. The van der Waals surface area contributed by atoms with Crippen molar-refractivity contribution < 1.29 is 13.9 Å². The van der Waals surface area contributed by atoms with Crippen molar-refractivity contribution in [3.8, 4) is 0 Å². The Kier molecular flexibility index (Phi) is 8.64. The Morgan fingerprint density at radius 1 is 1.41 bits per heavy atom. The summed E-state index contributed by atoms with van der Waals surface area (Å²) in [5, 5.41) is 0. The van der Waals surface area contributed by atoms with Gasteiger partial charge < -0.3 is 4.52 Å². The summed E-state index contributed by atoms with van der Waals surface area (Å²) < 4.78 is 18.6. The molecule has 0 aromatic rings. The van der Waals surface area contributed by atoms with E-state index in [4.69, 9.17) is 33.2 Å². The van der Waals surface area contributed by atoms with E-state index in [9.17, 15) is 9.36 Å². The van der Waals surface area contributed by atoms with Crippen LogP contribution in [0.2, 0.25) is 0 Å². The van der Waals surface area contributed by atoms with E-state index in [0.29, 0.717) is 13.1 Å². The molecular formula is C9H19Cl2N2O3P. The largest absolute Gasteiger partial charge is 0.340 e. The number of halogens is 2. The minimum Gasteiger partial charge on any atom is -0.305 e. The van der Waals surface area contributed by atoms with Gasteiger partial charge in [-0.25, -0.2) is 10.2 Å². The van der Waals surface area contributed by atoms with E-state index in [0.717, 1.165) is 0 Å². The molecule has 0 aromatic heterocycles. The summed E-state index contributed by atoms with van der Waals surface area (Å²) in [5.74, 6) is 0.194. The zero-order chi connectivity index (χ0) is 13.5. The molecule has 0 heterocycles. The summed E-state index contributed by atoms with van der Waals surface area (Å²) in [6.45, 7) is 3.83. The first-order chi connectivity index (χ1) is 7.85. The normalized spacial score (nSPS) is 16.8. The van der Waals surface area contributed by atoms with Gasteiger partial charge in [0.05, 0.1) is 6.61 Å². The third kappa shape index (κ3) is 6.75. The number of nitrogens with zero attached hydrogens (tertiary/aromatic N) is 1. The van der Waals surface area contributed by atoms with Gasteiger partial charge in [-0.2, -0.15) is 0 Å². The zero-order valence-corrected chi connectivity index (χ0v) is 12.5. The highest BCUT2D eigenvalue weighted by molar-refractivity contribution is 7.53. The first-order valence-electron chi connectivity index (χ1n) is 5.26. The van der Waals surface area contributed by atoms with Crippen LogP contribution in [0.4, 0.5) is 0 Å². The molecule has 2 N–H and O–H groups in total. The molecule has 0 aliphatic heterocycles. The van der Waals surface area contributed by atoms with Crippen molar-refractivity contribution in [2.24, 2.45) is 11.4 Å². The van der Waals surface area contributed by atoms with Gasteiger partial charge >= 0.3 is 7.67 Å². The molecule has 0 aliphatic rings. The third-order valence-corrected chi connectivity index (χ3v) is 4.33. The number of Topliss-reactive ketones (excluding diaryl/α,β-unsaturated/α-hetero) is 1. The molecule has 2 atom stereocenters. The monoisotopic (exact) mass is 304 g/mol. The number of hydrogen-bond acceptors (Lipinski definition) is 3. The van der Waals surface area contributed by atoms with E-state index in [-0.39, 0.29) is 30.1 Å². The SMILES string of the molecule is CC(=O)C(C)COP(N)(=O)N(CCCl)CCCl. The lowest BCUT2D eigenvalue weighted by Crippen LogP contribution is -2.30. The molecule has 0 radical (unpaired) electrons. The van der Waals surface area contributed by atoms with E-state index < -0.39 is 7.67 Å². The maximum absolute atomic E-state index is 12.1. The number of carbonyl (C=O) groups is 1. The summed E-state index contributed by atoms with van der Waals surface area (Å²) in [6, 6.07) is 0. The average Bonchev–Trinajstić information content (AvgIpc) is 2.25. The average molecular weight is 305 g/mol. The molecule has 0 spiro atoms. The highest BCUT2D eigenvalue weighted by Gasteiger charge is 2.27. The van der Waals surface area contributed by atoms with Crippen molar-refractivity contribution in [1.82, 2.24) is 4.67 Å². The Balaban J connectivity index is 4.40. The number of nitrogens with two attached hydrogens (primary N) is 1. The molecule has 0 amide bonds. The van der Waals surface area contributed by atoms with Crippen LogP contribution in [0.15, 0.2) is 0 Å². The molecule has 5 nitrogen and oxygen atoms in total. The van der Waals surface area contributed by atoms with Gasteiger partial charge in [0.15, 0.2) is 0 Å². The molecular weight excluding hydrogens is 286 g/mol. The molecule has 8 heteroatoms. The lowest BCUT2D eigenvalue weighted by molar-refractivity contribution is -0.121. The Bertz CT molecular complexity index is 285. The molecule has 0 fully saturated rings. The van der Waals surface area contributed by atoms with E-state index in [1.807, 2.05) is 0 Å². The maximum atomic E-state index is 12.1. The van der Waals surface area contributed by atoms with Crippen LogP contribution in [0.3, 0.4) is 0 Å². The molecule has 17 heavy (non-hydrogen) atoms. The minimum atomic E-state index is -3.42. The fourth-order valence-electron chi connectivity index (χ4n) is 1.00. The van der Waals surface area contributed by atoms with Crippen molar-refractivity contribution in [2.45, 2.75) is 13.8 Å². The topological polar surface area (TPSA) is 72.6 Å². The number of carbonyl (C=O) groups excluding carboxylic acids is 1. The molecule has 0 saturated carbocycles. The fourth-order valence-corrected chi connectivity index (χ4v) is 3.01. The number of rotatable bonds is 9. The molecule has 0 aromatic carbocycles. The standard InChI is InChI=1S/C9H19Cl2N2O3P/c1-8(9(2)14)7-16-17(12,15)13(5-3-10)6-4-11/h8H,3-7H2,1-2H3,(H2,12,15). The van der Waals surface area contributed by atoms with Gasteiger partial charge in [0, 0.05) is 30.8 Å². The van der Waals surface area contributed by atoms with Crippen LogP contribution in [0.5, 0.6) is 0 Å². The molecule has 0 rings (SSSR count). The second kappa shape index (κ2) is 8.46. The van der Waals surface area contributed by atoms with Crippen LogP contribution < -0.4 is 5.50 Å². The van der Waals surface area contributed by atoms with Gasteiger partial charge in [0.2, 0.25) is 0 Å². The van der Waals surface area contributed by atoms with E-state index in [1.54, 1.807) is 6.92 Å². The van der Waals surface area contributed by atoms with Crippen molar-refractivity contribution >= 4 is 36.7 Å². The third-order valence-electron chi connectivity index (χ3n) is 2.28. The van der Waals surface area contributed by atoms with E-state index >= 15 is 0 Å². The number of alkyl halides is 2. The van der Waals surface area contributed by atoms with Crippen molar-refractivity contribution in [2.75, 3.05) is 31.5 Å². The van der Waals surface area contributed by atoms with Gasteiger partial charge in [-0.15, -0.1) is 23.2 Å². The van der Waals surface area contributed by atoms with Crippen LogP contribution in [0, 0.1) is 5.92 Å². The quantitative estimate of drug-likeness (QED) is 0.521. The van der Waals surface area contributed by atoms with Gasteiger partial charge in [0.1, 0.15) is 5.78 Å². The highest BCUT2D eigenvalue weighted by Crippen LogP contribution is 2.42. The second-order valence-electron chi connectivity index (χ2n) is 3.70. The minimum absolute atomic E-state index is 0.0319.